The van der Waals surface area contributed by atoms with Crippen LogP contribution in [0.3, 0.4) is 0 Å². The van der Waals surface area contributed by atoms with Crippen molar-refractivity contribution in [3.8, 4) is 0 Å². The topological polar surface area (TPSA) is 20.3 Å². The van der Waals surface area contributed by atoms with E-state index in [2.05, 4.69) is 18.4 Å². The van der Waals surface area contributed by atoms with E-state index in [0.29, 0.717) is 5.02 Å². The zero-order valence-electron chi connectivity index (χ0n) is 11.8. The number of carbonyl (C=O) groups excluding carboxylic acids is 1. The minimum absolute atomic E-state index is 0.0642. The summed E-state index contributed by atoms with van der Waals surface area (Å²) in [7, 11) is 0. The molecule has 1 atom stereocenters. The van der Waals surface area contributed by atoms with Crippen molar-refractivity contribution in [1.82, 2.24) is 4.90 Å². The van der Waals surface area contributed by atoms with Crippen LogP contribution < -0.4 is 0 Å². The smallest absolute Gasteiger partial charge is 0.247 e. The molecule has 0 bridgehead atoms. The molecule has 0 saturated heterocycles. The van der Waals surface area contributed by atoms with Gasteiger partial charge in [0, 0.05) is 22.5 Å². The van der Waals surface area contributed by atoms with Crippen molar-refractivity contribution in [3.05, 3.63) is 62.8 Å². The highest BCUT2D eigenvalue weighted by molar-refractivity contribution is 7.10. The Morgan fingerprint density at radius 2 is 2.10 bits per heavy atom. The van der Waals surface area contributed by atoms with Crippen LogP contribution in [0.1, 0.15) is 29.0 Å². The van der Waals surface area contributed by atoms with Crippen LogP contribution in [0, 0.1) is 0 Å². The van der Waals surface area contributed by atoms with Gasteiger partial charge in [0.2, 0.25) is 5.91 Å². The molecule has 1 aromatic carbocycles. The van der Waals surface area contributed by atoms with Crippen LogP contribution in [0.2, 0.25) is 5.02 Å². The fourth-order valence-electron chi connectivity index (χ4n) is 2.65. The van der Waals surface area contributed by atoms with Crippen LogP contribution in [0.25, 0.3) is 6.08 Å². The molecule has 1 aromatic heterocycles. The molecule has 108 valence electrons. The Morgan fingerprint density at radius 3 is 2.86 bits per heavy atom. The molecule has 0 fully saturated rings. The van der Waals surface area contributed by atoms with E-state index in [4.69, 9.17) is 11.6 Å². The number of nitrogens with zero attached hydrogens (tertiary/aromatic N) is 1. The summed E-state index contributed by atoms with van der Waals surface area (Å²) >= 11 is 7.64. The highest BCUT2D eigenvalue weighted by Crippen LogP contribution is 2.32. The fourth-order valence-corrected chi connectivity index (χ4v) is 3.74. The van der Waals surface area contributed by atoms with Crippen LogP contribution in [0.4, 0.5) is 0 Å². The third kappa shape index (κ3) is 3.04. The summed E-state index contributed by atoms with van der Waals surface area (Å²) in [6, 6.07) is 9.75. The number of amides is 1. The van der Waals surface area contributed by atoms with Crippen LogP contribution in [0.15, 0.2) is 41.8 Å². The van der Waals surface area contributed by atoms with Crippen molar-refractivity contribution in [2.24, 2.45) is 0 Å². The number of rotatable bonds is 2. The number of benzene rings is 1. The summed E-state index contributed by atoms with van der Waals surface area (Å²) in [4.78, 5) is 15.7. The molecule has 2 aromatic rings. The largest absolute Gasteiger partial charge is 0.332 e. The predicted octanol–water partition coefficient (Wildman–Crippen LogP) is 4.56. The number of hydrogen-bond acceptors (Lipinski definition) is 2. The predicted molar refractivity (Wildman–Crippen MR) is 88.6 cm³/mol. The maximum absolute atomic E-state index is 12.4. The van der Waals surface area contributed by atoms with E-state index in [1.165, 1.54) is 10.4 Å². The Hall–Kier alpha value is -1.58. The molecule has 1 aliphatic heterocycles. The van der Waals surface area contributed by atoms with Crippen molar-refractivity contribution in [1.29, 1.82) is 0 Å². The molecule has 0 radical (unpaired) electrons. The van der Waals surface area contributed by atoms with Crippen molar-refractivity contribution in [3.63, 3.8) is 0 Å². The lowest BCUT2D eigenvalue weighted by molar-refractivity contribution is -0.128. The van der Waals surface area contributed by atoms with Gasteiger partial charge in [0.1, 0.15) is 0 Å². The van der Waals surface area contributed by atoms with Crippen molar-refractivity contribution in [2.75, 3.05) is 6.54 Å². The van der Waals surface area contributed by atoms with Gasteiger partial charge in [-0.2, -0.15) is 0 Å². The number of hydrogen-bond donors (Lipinski definition) is 0. The Kier molecular flexibility index (Phi) is 4.13. The molecule has 0 spiro atoms. The van der Waals surface area contributed by atoms with E-state index in [9.17, 15) is 4.79 Å². The van der Waals surface area contributed by atoms with Gasteiger partial charge in [-0.05, 0) is 54.1 Å². The maximum Gasteiger partial charge on any atom is 0.247 e. The summed E-state index contributed by atoms with van der Waals surface area (Å²) in [5.74, 6) is 0.0642. The first-order valence-corrected chi connectivity index (χ1v) is 8.21. The average Bonchev–Trinajstić information content (AvgIpc) is 2.96. The quantitative estimate of drug-likeness (QED) is 0.743. The second-order valence-corrected chi connectivity index (χ2v) is 6.58. The lowest BCUT2D eigenvalue weighted by atomic mass is 10.0. The van der Waals surface area contributed by atoms with Gasteiger partial charge in [-0.3, -0.25) is 4.79 Å². The fraction of sp³-hybridized carbons (Fsp3) is 0.235. The first-order valence-electron chi connectivity index (χ1n) is 6.95. The van der Waals surface area contributed by atoms with Crippen molar-refractivity contribution in [2.45, 2.75) is 19.4 Å². The van der Waals surface area contributed by atoms with Gasteiger partial charge in [-0.25, -0.2) is 0 Å². The normalized spacial score (nSPS) is 18.0. The molecule has 1 aliphatic rings. The Balaban J connectivity index is 1.73. The molecular formula is C17H16ClNOS. The van der Waals surface area contributed by atoms with Crippen molar-refractivity contribution < 1.29 is 4.79 Å². The zero-order chi connectivity index (χ0) is 14.8. The zero-order valence-corrected chi connectivity index (χ0v) is 13.3. The number of carbonyl (C=O) groups is 1. The van der Waals surface area contributed by atoms with E-state index >= 15 is 0 Å². The number of fused-ring (bicyclic) bond motifs is 1. The Morgan fingerprint density at radius 1 is 1.33 bits per heavy atom. The summed E-state index contributed by atoms with van der Waals surface area (Å²) < 4.78 is 0. The summed E-state index contributed by atoms with van der Waals surface area (Å²) in [6.07, 6.45) is 4.45. The summed E-state index contributed by atoms with van der Waals surface area (Å²) in [6.45, 7) is 2.89. The lowest BCUT2D eigenvalue weighted by Crippen LogP contribution is -2.37. The van der Waals surface area contributed by atoms with Gasteiger partial charge in [-0.15, -0.1) is 11.3 Å². The Labute approximate surface area is 133 Å². The SMILES string of the molecule is CC1c2ccsc2CCN1C(=O)C=Cc1ccc(Cl)cc1. The first-order chi connectivity index (χ1) is 10.1. The molecule has 1 amide bonds. The maximum atomic E-state index is 12.4. The van der Waals surface area contributed by atoms with Gasteiger partial charge in [-0.1, -0.05) is 23.7 Å². The first kappa shape index (κ1) is 14.4. The van der Waals surface area contributed by atoms with Crippen molar-refractivity contribution >= 4 is 34.9 Å². The summed E-state index contributed by atoms with van der Waals surface area (Å²) in [5.41, 5.74) is 2.27. The second kappa shape index (κ2) is 6.04. The van der Waals surface area contributed by atoms with E-state index in [-0.39, 0.29) is 11.9 Å². The third-order valence-corrected chi connectivity index (χ3v) is 5.10. The molecule has 3 rings (SSSR count). The molecule has 21 heavy (non-hydrogen) atoms. The van der Waals surface area contributed by atoms with Gasteiger partial charge in [0.25, 0.3) is 0 Å². The van der Waals surface area contributed by atoms with Gasteiger partial charge < -0.3 is 4.90 Å². The minimum atomic E-state index is 0.0642. The molecule has 2 nitrogen and oxygen atoms in total. The molecule has 2 heterocycles. The monoisotopic (exact) mass is 317 g/mol. The average molecular weight is 318 g/mol. The molecule has 0 saturated carbocycles. The lowest BCUT2D eigenvalue weighted by Gasteiger charge is -2.32. The van der Waals surface area contributed by atoms with E-state index < -0.39 is 0 Å². The number of thiophene rings is 1. The highest BCUT2D eigenvalue weighted by atomic mass is 35.5. The van der Waals surface area contributed by atoms with E-state index in [1.54, 1.807) is 17.4 Å². The van der Waals surface area contributed by atoms with Gasteiger partial charge >= 0.3 is 0 Å². The molecular weight excluding hydrogens is 302 g/mol. The Bertz CT molecular complexity index is 674. The van der Waals surface area contributed by atoms with Gasteiger partial charge in [0.05, 0.1) is 6.04 Å². The van der Waals surface area contributed by atoms with Crippen LogP contribution in [0.5, 0.6) is 0 Å². The molecule has 4 heteroatoms. The molecule has 0 N–H and O–H groups in total. The van der Waals surface area contributed by atoms with Gasteiger partial charge in [0.15, 0.2) is 0 Å². The van der Waals surface area contributed by atoms with E-state index in [1.807, 2.05) is 35.2 Å². The second-order valence-electron chi connectivity index (χ2n) is 5.14. The van der Waals surface area contributed by atoms with Crippen LogP contribution in [-0.2, 0) is 11.2 Å². The summed E-state index contributed by atoms with van der Waals surface area (Å²) in [5, 5.41) is 2.81. The standard InChI is InChI=1S/C17H16ClNOS/c1-12-15-9-11-21-16(15)8-10-19(12)17(20)7-4-13-2-5-14(18)6-3-13/h2-7,9,11-12H,8,10H2,1H3. The minimum Gasteiger partial charge on any atom is -0.332 e. The molecule has 1 unspecified atom stereocenters. The van der Waals surface area contributed by atoms with Crippen LogP contribution in [-0.4, -0.2) is 17.4 Å². The number of halogens is 1. The third-order valence-electron chi connectivity index (χ3n) is 3.85. The van der Waals surface area contributed by atoms with Crippen LogP contribution >= 0.6 is 22.9 Å². The highest BCUT2D eigenvalue weighted by Gasteiger charge is 2.26. The van der Waals surface area contributed by atoms with E-state index in [0.717, 1.165) is 18.5 Å². The molecule has 0 aliphatic carbocycles.